The van der Waals surface area contributed by atoms with Crippen LogP contribution in [0.3, 0.4) is 0 Å². The fourth-order valence-corrected chi connectivity index (χ4v) is 10.6. The van der Waals surface area contributed by atoms with E-state index in [9.17, 15) is 23.3 Å². The summed E-state index contributed by atoms with van der Waals surface area (Å²) in [7, 11) is -4.67. The molecule has 4 aliphatic rings. The number of H-pyrrole nitrogens is 1. The Hall–Kier alpha value is -5.81. The number of piperazine rings is 1. The first-order valence-corrected chi connectivity index (χ1v) is 23.7. The second-order valence-electron chi connectivity index (χ2n) is 17.4. The van der Waals surface area contributed by atoms with Gasteiger partial charge in [-0.05, 0) is 110 Å². The molecule has 1 amide bonds. The molecule has 2 aliphatic heterocycles. The van der Waals surface area contributed by atoms with Gasteiger partial charge in [-0.25, -0.2) is 18.1 Å². The number of carbonyl (C=O) groups is 1. The minimum absolute atomic E-state index is 0.0157. The van der Waals surface area contributed by atoms with Crippen LogP contribution in [0.1, 0.15) is 72.9 Å². The minimum atomic E-state index is -4.67. The number of aliphatic imine (C=N–C) groups is 1. The van der Waals surface area contributed by atoms with E-state index in [1.54, 1.807) is 24.4 Å². The van der Waals surface area contributed by atoms with Crippen molar-refractivity contribution in [3.8, 4) is 11.5 Å². The van der Waals surface area contributed by atoms with Gasteiger partial charge in [0, 0.05) is 98.8 Å². The smallest absolute Gasteiger partial charge is 0.281 e. The van der Waals surface area contributed by atoms with E-state index in [2.05, 4.69) is 41.6 Å². The van der Waals surface area contributed by atoms with Gasteiger partial charge in [0.2, 0.25) is 0 Å². The number of allylic oxidation sites excluding steroid dienone is 1. The number of rotatable bonds is 13. The molecule has 0 bridgehead atoms. The first-order chi connectivity index (χ1) is 30.9. The van der Waals surface area contributed by atoms with E-state index in [0.717, 1.165) is 86.6 Å². The average Bonchev–Trinajstić information content (AvgIpc) is 3.75. The van der Waals surface area contributed by atoms with Crippen molar-refractivity contribution in [2.45, 2.75) is 56.3 Å². The number of benzene rings is 3. The number of nitrogens with zero attached hydrogens (tertiary/aromatic N) is 5. The van der Waals surface area contributed by atoms with Crippen LogP contribution in [-0.2, 0) is 14.8 Å². The number of pyridine rings is 1. The highest BCUT2D eigenvalue weighted by Gasteiger charge is 2.41. The minimum Gasteiger partial charge on any atom is -0.455 e. The van der Waals surface area contributed by atoms with Gasteiger partial charge in [-0.2, -0.15) is 0 Å². The lowest BCUT2D eigenvalue weighted by Gasteiger charge is -2.47. The van der Waals surface area contributed by atoms with Crippen LogP contribution >= 0.6 is 11.6 Å². The van der Waals surface area contributed by atoms with E-state index in [1.165, 1.54) is 60.9 Å². The number of nitrogens with one attached hydrogen (secondary N) is 2. The third kappa shape index (κ3) is 9.50. The SMILES string of the molecule is Nc1cc(S(=O)(=O)NC(=O)c2ccc(N3CCN(CC4=C(c5ccc(Cl)cc5)CC5(CCC5)CC4)CC3)cc2Oc2cnc3[nH]ccc3c2)cc([N+](=O)[O-])c1C=NCC1CCOCC1. The number of amides is 1. The van der Waals surface area contributed by atoms with Crippen LogP contribution in [0, 0.1) is 21.4 Å². The summed E-state index contributed by atoms with van der Waals surface area (Å²) >= 11 is 6.28. The molecule has 3 fully saturated rings. The Morgan fingerprint density at radius 2 is 1.84 bits per heavy atom. The summed E-state index contributed by atoms with van der Waals surface area (Å²) in [5.41, 5.74) is 11.6. The van der Waals surface area contributed by atoms with Crippen LogP contribution in [0.15, 0.2) is 94.6 Å². The number of fused-ring (bicyclic) bond motifs is 1. The molecule has 0 radical (unpaired) electrons. The van der Waals surface area contributed by atoms with E-state index < -0.39 is 31.4 Å². The lowest BCUT2D eigenvalue weighted by molar-refractivity contribution is -0.385. The monoisotopic (exact) mass is 906 g/mol. The van der Waals surface area contributed by atoms with Crippen molar-refractivity contribution in [3.63, 3.8) is 0 Å². The van der Waals surface area contributed by atoms with Crippen molar-refractivity contribution >= 4 is 67.4 Å². The largest absolute Gasteiger partial charge is 0.455 e. The third-order valence-corrected chi connectivity index (χ3v) is 14.9. The Kier molecular flexibility index (Phi) is 12.5. The van der Waals surface area contributed by atoms with Gasteiger partial charge in [0.1, 0.15) is 17.1 Å². The van der Waals surface area contributed by atoms with Crippen LogP contribution in [0.4, 0.5) is 17.1 Å². The molecular weight excluding hydrogens is 856 g/mol. The number of hydrogen-bond acceptors (Lipinski definition) is 12. The number of hydrogen-bond donors (Lipinski definition) is 3. The molecule has 5 aromatic rings. The number of aromatic amines is 1. The van der Waals surface area contributed by atoms with Gasteiger partial charge in [0.15, 0.2) is 0 Å². The number of halogens is 1. The fourth-order valence-electron chi connectivity index (χ4n) is 9.44. The maximum Gasteiger partial charge on any atom is 0.281 e. The molecule has 2 saturated heterocycles. The van der Waals surface area contributed by atoms with Crippen molar-refractivity contribution < 1.29 is 27.6 Å². The molecule has 17 heteroatoms. The number of aromatic nitrogens is 2. The zero-order valence-electron chi connectivity index (χ0n) is 35.4. The van der Waals surface area contributed by atoms with Gasteiger partial charge in [0.25, 0.3) is 21.6 Å². The second-order valence-corrected chi connectivity index (χ2v) is 19.6. The van der Waals surface area contributed by atoms with E-state index >= 15 is 0 Å². The number of sulfonamides is 1. The Bertz CT molecular complexity index is 2740. The van der Waals surface area contributed by atoms with Crippen LogP contribution in [0.2, 0.25) is 5.02 Å². The molecule has 4 N–H and O–H groups in total. The van der Waals surface area contributed by atoms with Crippen molar-refractivity contribution in [1.82, 2.24) is 19.6 Å². The zero-order chi connectivity index (χ0) is 44.4. The van der Waals surface area contributed by atoms with Crippen LogP contribution in [0.25, 0.3) is 16.6 Å². The van der Waals surface area contributed by atoms with Gasteiger partial charge in [0.05, 0.1) is 27.1 Å². The van der Waals surface area contributed by atoms with Gasteiger partial charge < -0.3 is 25.1 Å². The summed E-state index contributed by atoms with van der Waals surface area (Å²) in [6.45, 7) is 5.68. The molecule has 4 heterocycles. The Balaban J connectivity index is 0.935. The molecule has 0 atom stereocenters. The topological polar surface area (TPSA) is 198 Å². The molecule has 3 aromatic carbocycles. The van der Waals surface area contributed by atoms with E-state index in [0.29, 0.717) is 36.6 Å². The molecule has 1 spiro atoms. The number of nitro groups is 1. The number of carbonyl (C=O) groups excluding carboxylic acids is 1. The number of anilines is 2. The number of nitrogen functional groups attached to an aromatic ring is 1. The number of nitrogens with two attached hydrogens (primary N) is 1. The highest BCUT2D eigenvalue weighted by Crippen LogP contribution is 2.55. The summed E-state index contributed by atoms with van der Waals surface area (Å²) in [6, 6.07) is 18.9. The van der Waals surface area contributed by atoms with Crippen LogP contribution in [-0.4, -0.2) is 92.8 Å². The lowest BCUT2D eigenvalue weighted by atomic mass is 9.59. The summed E-state index contributed by atoms with van der Waals surface area (Å²) in [6.07, 6.45) is 13.6. The maximum absolute atomic E-state index is 14.0. The Morgan fingerprint density at radius 3 is 2.58 bits per heavy atom. The van der Waals surface area contributed by atoms with Crippen molar-refractivity contribution in [2.75, 3.05) is 63.1 Å². The van der Waals surface area contributed by atoms with Crippen molar-refractivity contribution in [2.24, 2.45) is 16.3 Å². The second kappa shape index (κ2) is 18.4. The summed E-state index contributed by atoms with van der Waals surface area (Å²) in [4.78, 5) is 41.5. The van der Waals surface area contributed by atoms with Crippen molar-refractivity contribution in [3.05, 3.63) is 117 Å². The van der Waals surface area contributed by atoms with Gasteiger partial charge >= 0.3 is 0 Å². The zero-order valence-corrected chi connectivity index (χ0v) is 37.0. The molecule has 2 aromatic heterocycles. The van der Waals surface area contributed by atoms with E-state index in [1.807, 2.05) is 18.2 Å². The van der Waals surface area contributed by atoms with Gasteiger partial charge in [-0.3, -0.25) is 24.8 Å². The first kappa shape index (κ1) is 43.4. The van der Waals surface area contributed by atoms with E-state index in [4.69, 9.17) is 26.8 Å². The number of ether oxygens (including phenoxy) is 2. The summed E-state index contributed by atoms with van der Waals surface area (Å²) < 4.78 is 41.4. The summed E-state index contributed by atoms with van der Waals surface area (Å²) in [5, 5.41) is 13.7. The van der Waals surface area contributed by atoms with Crippen LogP contribution in [0.5, 0.6) is 11.5 Å². The molecular formula is C47H51ClN8O7S. The normalized spacial score (nSPS) is 18.4. The van der Waals surface area contributed by atoms with Gasteiger partial charge in [-0.1, -0.05) is 35.7 Å². The maximum atomic E-state index is 14.0. The van der Waals surface area contributed by atoms with E-state index in [-0.39, 0.29) is 28.5 Å². The highest BCUT2D eigenvalue weighted by molar-refractivity contribution is 7.90. The van der Waals surface area contributed by atoms with Crippen molar-refractivity contribution in [1.29, 1.82) is 0 Å². The van der Waals surface area contributed by atoms with Crippen LogP contribution < -0.4 is 20.1 Å². The third-order valence-electron chi connectivity index (χ3n) is 13.3. The molecule has 9 rings (SSSR count). The Morgan fingerprint density at radius 1 is 1.06 bits per heavy atom. The Labute approximate surface area is 376 Å². The molecule has 2 aliphatic carbocycles. The standard InChI is InChI=1S/C47H51ClN8O7S/c48-35-4-2-32(3-5-35)40-26-47(12-1-13-47)14-8-34(40)30-54-16-18-55(19-17-54)36-6-7-39(44(23-36)63-37-22-33-9-15-51-45(33)52-28-37)46(57)53-64(60,61)38-24-42(49)41(43(25-38)56(58)59)29-50-27-31-10-20-62-21-11-31/h2-7,9,15,22-25,28-29,31H,1,8,10-14,16-21,26-27,30,49H2,(H,51,52)(H,53,57). The molecule has 1 saturated carbocycles. The quantitative estimate of drug-likeness (QED) is 0.0444. The first-order valence-electron chi connectivity index (χ1n) is 21.8. The lowest BCUT2D eigenvalue weighted by Crippen LogP contribution is -2.47. The predicted octanol–water partition coefficient (Wildman–Crippen LogP) is 8.39. The highest BCUT2D eigenvalue weighted by atomic mass is 35.5. The summed E-state index contributed by atoms with van der Waals surface area (Å²) in [5.74, 6) is -0.281. The molecule has 0 unspecified atom stereocenters. The molecule has 64 heavy (non-hydrogen) atoms. The molecule has 334 valence electrons. The van der Waals surface area contributed by atoms with Gasteiger partial charge in [-0.15, -0.1) is 0 Å². The average molecular weight is 907 g/mol. The number of nitro benzene ring substituents is 1. The fraction of sp³-hybridized carbons (Fsp3) is 0.383. The molecule has 15 nitrogen and oxygen atoms in total. The predicted molar refractivity (Wildman–Crippen MR) is 248 cm³/mol.